The lowest BCUT2D eigenvalue weighted by atomic mass is 10.2. The van der Waals surface area contributed by atoms with Crippen LogP contribution in [0, 0.1) is 0 Å². The Kier molecular flexibility index (Phi) is 7.97. The van der Waals surface area contributed by atoms with Crippen molar-refractivity contribution in [2.75, 3.05) is 63.7 Å². The minimum atomic E-state index is -0.759. The highest BCUT2D eigenvalue weighted by atomic mass is 35.5. The minimum absolute atomic E-state index is 0.352. The number of ether oxygens (including phenoxy) is 2. The Morgan fingerprint density at radius 1 is 0.968 bits per heavy atom. The van der Waals surface area contributed by atoms with Gasteiger partial charge in [0.05, 0.1) is 19.9 Å². The van der Waals surface area contributed by atoms with Crippen molar-refractivity contribution < 1.29 is 19.1 Å². The lowest BCUT2D eigenvalue weighted by molar-refractivity contribution is -0.136. The molecule has 0 atom stereocenters. The van der Waals surface area contributed by atoms with E-state index < -0.39 is 11.8 Å². The zero-order chi connectivity index (χ0) is 22.2. The highest BCUT2D eigenvalue weighted by Gasteiger charge is 2.19. The molecule has 0 saturated carbocycles. The Morgan fingerprint density at radius 2 is 1.68 bits per heavy atom. The van der Waals surface area contributed by atoms with Gasteiger partial charge in [0.1, 0.15) is 11.5 Å². The summed E-state index contributed by atoms with van der Waals surface area (Å²) >= 11 is 5.95. The summed E-state index contributed by atoms with van der Waals surface area (Å²) in [6, 6.07) is 12.8. The van der Waals surface area contributed by atoms with Crippen LogP contribution >= 0.6 is 11.6 Å². The van der Waals surface area contributed by atoms with Gasteiger partial charge in [-0.2, -0.15) is 0 Å². The van der Waals surface area contributed by atoms with E-state index in [0.29, 0.717) is 29.5 Å². The fourth-order valence-corrected chi connectivity index (χ4v) is 3.56. The van der Waals surface area contributed by atoms with Crippen molar-refractivity contribution in [3.8, 4) is 11.5 Å². The molecule has 2 aromatic carbocycles. The fraction of sp³-hybridized carbons (Fsp3) is 0.364. The molecule has 2 amide bonds. The number of hydrogen-bond acceptors (Lipinski definition) is 6. The highest BCUT2D eigenvalue weighted by Crippen LogP contribution is 2.27. The van der Waals surface area contributed by atoms with Crippen LogP contribution in [0.2, 0.25) is 5.02 Å². The van der Waals surface area contributed by atoms with Crippen molar-refractivity contribution in [1.82, 2.24) is 10.2 Å². The molecule has 0 spiro atoms. The monoisotopic (exact) mass is 446 g/mol. The van der Waals surface area contributed by atoms with Crippen molar-refractivity contribution in [3.63, 3.8) is 0 Å². The van der Waals surface area contributed by atoms with E-state index in [-0.39, 0.29) is 0 Å². The zero-order valence-electron chi connectivity index (χ0n) is 17.7. The lowest BCUT2D eigenvalue weighted by Crippen LogP contribution is -2.49. The fourth-order valence-electron chi connectivity index (χ4n) is 3.39. The van der Waals surface area contributed by atoms with Crippen LogP contribution in [0.3, 0.4) is 0 Å². The average molecular weight is 447 g/mol. The SMILES string of the molecule is COc1ccc(N2CCN(CCNC(=O)C(=O)Nc3cc(Cl)ccc3OC)CC2)cc1. The topological polar surface area (TPSA) is 83.1 Å². The molecule has 1 heterocycles. The number of anilines is 2. The first-order valence-electron chi connectivity index (χ1n) is 10.0. The maximum Gasteiger partial charge on any atom is 0.313 e. The number of benzene rings is 2. The van der Waals surface area contributed by atoms with Crippen LogP contribution in [-0.4, -0.2) is 70.2 Å². The third kappa shape index (κ3) is 6.26. The van der Waals surface area contributed by atoms with Crippen LogP contribution in [0.5, 0.6) is 11.5 Å². The lowest BCUT2D eigenvalue weighted by Gasteiger charge is -2.36. The minimum Gasteiger partial charge on any atom is -0.497 e. The Labute approximate surface area is 187 Å². The summed E-state index contributed by atoms with van der Waals surface area (Å²) in [5.41, 5.74) is 1.52. The van der Waals surface area contributed by atoms with Crippen LogP contribution in [-0.2, 0) is 9.59 Å². The number of rotatable bonds is 7. The third-order valence-electron chi connectivity index (χ3n) is 5.14. The van der Waals surface area contributed by atoms with Crippen LogP contribution in [0.15, 0.2) is 42.5 Å². The van der Waals surface area contributed by atoms with E-state index in [2.05, 4.69) is 32.6 Å². The van der Waals surface area contributed by atoms with Crippen LogP contribution in [0.4, 0.5) is 11.4 Å². The quantitative estimate of drug-likeness (QED) is 0.635. The number of methoxy groups -OCH3 is 2. The average Bonchev–Trinajstić information content (AvgIpc) is 2.79. The molecular weight excluding hydrogens is 420 g/mol. The molecule has 166 valence electrons. The first-order chi connectivity index (χ1) is 15.0. The first-order valence-corrected chi connectivity index (χ1v) is 10.4. The second kappa shape index (κ2) is 10.9. The normalized spacial score (nSPS) is 14.1. The smallest absolute Gasteiger partial charge is 0.313 e. The van der Waals surface area contributed by atoms with Crippen LogP contribution < -0.4 is 25.0 Å². The van der Waals surface area contributed by atoms with Crippen molar-refractivity contribution >= 4 is 34.8 Å². The Hall–Kier alpha value is -2.97. The molecule has 3 rings (SSSR count). The number of amides is 2. The van der Waals surface area contributed by atoms with E-state index in [1.165, 1.54) is 18.9 Å². The molecule has 0 aliphatic carbocycles. The molecule has 1 saturated heterocycles. The summed E-state index contributed by atoms with van der Waals surface area (Å²) in [5, 5.41) is 5.63. The van der Waals surface area contributed by atoms with E-state index in [4.69, 9.17) is 21.1 Å². The van der Waals surface area contributed by atoms with Gasteiger partial charge in [0.25, 0.3) is 0 Å². The van der Waals surface area contributed by atoms with Gasteiger partial charge in [-0.1, -0.05) is 11.6 Å². The van der Waals surface area contributed by atoms with Gasteiger partial charge in [0.15, 0.2) is 0 Å². The molecule has 8 nitrogen and oxygen atoms in total. The third-order valence-corrected chi connectivity index (χ3v) is 5.37. The van der Waals surface area contributed by atoms with Gasteiger partial charge in [-0.05, 0) is 42.5 Å². The number of piperazine rings is 1. The second-order valence-electron chi connectivity index (χ2n) is 7.08. The molecule has 2 N–H and O–H groups in total. The van der Waals surface area contributed by atoms with Gasteiger partial charge < -0.3 is 25.0 Å². The predicted molar refractivity (Wildman–Crippen MR) is 121 cm³/mol. The van der Waals surface area contributed by atoms with Crippen molar-refractivity contribution in [2.24, 2.45) is 0 Å². The summed E-state index contributed by atoms with van der Waals surface area (Å²) in [4.78, 5) is 28.9. The molecule has 0 radical (unpaired) electrons. The van der Waals surface area contributed by atoms with Gasteiger partial charge >= 0.3 is 11.8 Å². The number of nitrogens with zero attached hydrogens (tertiary/aromatic N) is 2. The van der Waals surface area contributed by atoms with Gasteiger partial charge in [-0.25, -0.2) is 0 Å². The second-order valence-corrected chi connectivity index (χ2v) is 7.52. The van der Waals surface area contributed by atoms with Crippen LogP contribution in [0.25, 0.3) is 0 Å². The number of hydrogen-bond donors (Lipinski definition) is 2. The number of nitrogens with one attached hydrogen (secondary N) is 2. The zero-order valence-corrected chi connectivity index (χ0v) is 18.4. The van der Waals surface area contributed by atoms with Crippen molar-refractivity contribution in [3.05, 3.63) is 47.5 Å². The van der Waals surface area contributed by atoms with E-state index in [9.17, 15) is 9.59 Å². The van der Waals surface area contributed by atoms with E-state index >= 15 is 0 Å². The van der Waals surface area contributed by atoms with Gasteiger partial charge in [-0.3, -0.25) is 14.5 Å². The summed E-state index contributed by atoms with van der Waals surface area (Å²) in [6.45, 7) is 4.63. The molecule has 1 aliphatic rings. The maximum atomic E-state index is 12.2. The van der Waals surface area contributed by atoms with Gasteiger partial charge in [0.2, 0.25) is 0 Å². The largest absolute Gasteiger partial charge is 0.497 e. The molecular formula is C22H27ClN4O4. The first kappa shape index (κ1) is 22.7. The molecule has 0 unspecified atom stereocenters. The van der Waals surface area contributed by atoms with E-state index in [0.717, 1.165) is 31.9 Å². The van der Waals surface area contributed by atoms with Crippen molar-refractivity contribution in [1.29, 1.82) is 0 Å². The number of carbonyl (C=O) groups is 2. The summed E-state index contributed by atoms with van der Waals surface area (Å²) in [6.07, 6.45) is 0. The summed E-state index contributed by atoms with van der Waals surface area (Å²) in [5.74, 6) is -0.181. The van der Waals surface area contributed by atoms with Gasteiger partial charge in [0, 0.05) is 50.0 Å². The number of carbonyl (C=O) groups excluding carboxylic acids is 2. The standard InChI is InChI=1S/C22H27ClN4O4/c1-30-18-6-4-17(5-7-18)27-13-11-26(12-14-27)10-9-24-21(28)22(29)25-19-15-16(23)3-8-20(19)31-2/h3-8,15H,9-14H2,1-2H3,(H,24,28)(H,25,29). The molecule has 31 heavy (non-hydrogen) atoms. The number of halogens is 1. The Balaban J connectivity index is 1.40. The van der Waals surface area contributed by atoms with E-state index in [1.54, 1.807) is 19.2 Å². The molecule has 0 bridgehead atoms. The van der Waals surface area contributed by atoms with E-state index in [1.807, 2.05) is 12.1 Å². The van der Waals surface area contributed by atoms with Crippen LogP contribution in [0.1, 0.15) is 0 Å². The predicted octanol–water partition coefficient (Wildman–Crippen LogP) is 2.23. The molecule has 1 aliphatic heterocycles. The molecule has 0 aromatic heterocycles. The highest BCUT2D eigenvalue weighted by molar-refractivity contribution is 6.40. The Bertz CT molecular complexity index is 899. The van der Waals surface area contributed by atoms with Crippen molar-refractivity contribution in [2.45, 2.75) is 0 Å². The van der Waals surface area contributed by atoms with Gasteiger partial charge in [-0.15, -0.1) is 0 Å². The molecule has 9 heteroatoms. The maximum absolute atomic E-state index is 12.2. The Morgan fingerprint density at radius 3 is 2.32 bits per heavy atom. The summed E-state index contributed by atoms with van der Waals surface area (Å²) < 4.78 is 10.4. The molecule has 2 aromatic rings. The molecule has 1 fully saturated rings. The summed E-state index contributed by atoms with van der Waals surface area (Å²) in [7, 11) is 3.14.